The van der Waals surface area contributed by atoms with Crippen LogP contribution in [0.4, 0.5) is 5.69 Å². The second kappa shape index (κ2) is 7.81. The van der Waals surface area contributed by atoms with Gasteiger partial charge < -0.3 is 14.5 Å². The molecule has 0 aromatic heterocycles. The first-order valence-corrected chi connectivity index (χ1v) is 9.35. The molecule has 0 unspecified atom stereocenters. The molecule has 2 aliphatic heterocycles. The number of rotatable bonds is 6. The Morgan fingerprint density at radius 3 is 2.35 bits per heavy atom. The molecule has 0 atom stereocenters. The summed E-state index contributed by atoms with van der Waals surface area (Å²) in [5, 5.41) is 2.45. The highest BCUT2D eigenvalue weighted by Gasteiger charge is 2.34. The molecule has 1 aromatic rings. The predicted molar refractivity (Wildman–Crippen MR) is 101 cm³/mol. The van der Waals surface area contributed by atoms with Crippen molar-refractivity contribution >= 4 is 17.5 Å². The standard InChI is InChI=1S/C20H27N3O3/c1-4-7-15-18(20(25)21-19(15)24)23-12-10-22(11-13-23)16-8-5-6-9-17(16)26-14(2)3/h5-6,8-9,14H,4,7,10-13H2,1-3H3,(H,21,24,25). The third-order valence-corrected chi connectivity index (χ3v) is 4.67. The number of amides is 2. The van der Waals surface area contributed by atoms with E-state index in [0.29, 0.717) is 30.8 Å². The minimum absolute atomic E-state index is 0.118. The Kier molecular flexibility index (Phi) is 5.49. The average molecular weight is 357 g/mol. The van der Waals surface area contributed by atoms with Gasteiger partial charge in [0.05, 0.1) is 11.8 Å². The van der Waals surface area contributed by atoms with Gasteiger partial charge in [0.15, 0.2) is 0 Å². The molecule has 1 N–H and O–H groups in total. The smallest absolute Gasteiger partial charge is 0.274 e. The zero-order valence-corrected chi connectivity index (χ0v) is 15.7. The van der Waals surface area contributed by atoms with Gasteiger partial charge in [-0.1, -0.05) is 25.5 Å². The van der Waals surface area contributed by atoms with Crippen LogP contribution in [0.3, 0.4) is 0 Å². The lowest BCUT2D eigenvalue weighted by molar-refractivity contribution is -0.124. The summed E-state index contributed by atoms with van der Waals surface area (Å²) in [5.74, 6) is 0.399. The number of hydrogen-bond donors (Lipinski definition) is 1. The lowest BCUT2D eigenvalue weighted by atomic mass is 10.1. The van der Waals surface area contributed by atoms with E-state index in [1.165, 1.54) is 0 Å². The van der Waals surface area contributed by atoms with Crippen LogP contribution in [-0.2, 0) is 9.59 Å². The number of hydrogen-bond acceptors (Lipinski definition) is 5. The van der Waals surface area contributed by atoms with Crippen molar-refractivity contribution in [1.29, 1.82) is 0 Å². The van der Waals surface area contributed by atoms with Crippen molar-refractivity contribution in [3.63, 3.8) is 0 Å². The fourth-order valence-electron chi connectivity index (χ4n) is 3.54. The second-order valence-electron chi connectivity index (χ2n) is 6.97. The van der Waals surface area contributed by atoms with Crippen molar-refractivity contribution in [2.75, 3.05) is 31.1 Å². The summed E-state index contributed by atoms with van der Waals surface area (Å²) >= 11 is 0. The van der Waals surface area contributed by atoms with E-state index in [4.69, 9.17) is 4.74 Å². The van der Waals surface area contributed by atoms with Crippen molar-refractivity contribution in [2.45, 2.75) is 39.7 Å². The molecular formula is C20H27N3O3. The molecule has 1 aromatic carbocycles. The third-order valence-electron chi connectivity index (χ3n) is 4.67. The van der Waals surface area contributed by atoms with Gasteiger partial charge in [-0.3, -0.25) is 14.9 Å². The van der Waals surface area contributed by atoms with Crippen LogP contribution in [0.2, 0.25) is 0 Å². The van der Waals surface area contributed by atoms with E-state index < -0.39 is 0 Å². The van der Waals surface area contributed by atoms with Crippen molar-refractivity contribution in [2.24, 2.45) is 0 Å². The van der Waals surface area contributed by atoms with Gasteiger partial charge in [0.2, 0.25) is 0 Å². The van der Waals surface area contributed by atoms with Gasteiger partial charge in [-0.2, -0.15) is 0 Å². The Balaban J connectivity index is 1.74. The first kappa shape index (κ1) is 18.3. The summed E-state index contributed by atoms with van der Waals surface area (Å²) in [5.41, 5.74) is 2.29. The first-order chi connectivity index (χ1) is 12.5. The lowest BCUT2D eigenvalue weighted by Crippen LogP contribution is -2.47. The summed E-state index contributed by atoms with van der Waals surface area (Å²) in [6, 6.07) is 8.06. The number of piperazine rings is 1. The Morgan fingerprint density at radius 1 is 1.04 bits per heavy atom. The molecule has 0 radical (unpaired) electrons. The molecule has 26 heavy (non-hydrogen) atoms. The van der Waals surface area contributed by atoms with Crippen LogP contribution in [0.5, 0.6) is 5.75 Å². The second-order valence-corrected chi connectivity index (χ2v) is 6.97. The predicted octanol–water partition coefficient (Wildman–Crippen LogP) is 2.31. The van der Waals surface area contributed by atoms with Gasteiger partial charge in [-0.05, 0) is 32.4 Å². The molecule has 140 valence electrons. The third kappa shape index (κ3) is 3.69. The van der Waals surface area contributed by atoms with Gasteiger partial charge in [0.25, 0.3) is 11.8 Å². The van der Waals surface area contributed by atoms with Crippen LogP contribution in [0.1, 0.15) is 33.6 Å². The van der Waals surface area contributed by atoms with Crippen LogP contribution in [0.25, 0.3) is 0 Å². The van der Waals surface area contributed by atoms with E-state index in [2.05, 4.69) is 16.3 Å². The molecule has 3 rings (SSSR count). The van der Waals surface area contributed by atoms with Crippen LogP contribution < -0.4 is 15.0 Å². The fraction of sp³-hybridized carbons (Fsp3) is 0.500. The number of imide groups is 1. The molecule has 2 heterocycles. The lowest BCUT2D eigenvalue weighted by Gasteiger charge is -2.38. The van der Waals surface area contributed by atoms with Crippen molar-refractivity contribution in [3.05, 3.63) is 35.5 Å². The minimum atomic E-state index is -0.254. The summed E-state index contributed by atoms with van der Waals surface area (Å²) in [6.45, 7) is 9.03. The number of carbonyl (C=O) groups is 2. The summed E-state index contributed by atoms with van der Waals surface area (Å²) in [4.78, 5) is 28.6. The monoisotopic (exact) mass is 357 g/mol. The summed E-state index contributed by atoms with van der Waals surface area (Å²) in [7, 11) is 0. The maximum atomic E-state index is 12.2. The normalized spacial score (nSPS) is 18.0. The zero-order chi connectivity index (χ0) is 18.7. The quantitative estimate of drug-likeness (QED) is 0.792. The molecule has 2 aliphatic rings. The highest BCUT2D eigenvalue weighted by molar-refractivity contribution is 6.19. The fourth-order valence-corrected chi connectivity index (χ4v) is 3.54. The van der Waals surface area contributed by atoms with Gasteiger partial charge in [-0.25, -0.2) is 0 Å². The van der Waals surface area contributed by atoms with E-state index in [9.17, 15) is 9.59 Å². The van der Waals surface area contributed by atoms with Crippen LogP contribution >= 0.6 is 0 Å². The molecular weight excluding hydrogens is 330 g/mol. The van der Waals surface area contributed by atoms with E-state index >= 15 is 0 Å². The van der Waals surface area contributed by atoms with E-state index in [-0.39, 0.29) is 17.9 Å². The Labute approximate surface area is 154 Å². The van der Waals surface area contributed by atoms with Gasteiger partial charge in [0, 0.05) is 31.8 Å². The number of carbonyl (C=O) groups excluding carboxylic acids is 2. The number of benzene rings is 1. The van der Waals surface area contributed by atoms with Crippen molar-refractivity contribution < 1.29 is 14.3 Å². The Hall–Kier alpha value is -2.50. The van der Waals surface area contributed by atoms with Crippen molar-refractivity contribution in [3.8, 4) is 5.75 Å². The number of nitrogens with zero attached hydrogens (tertiary/aromatic N) is 2. The van der Waals surface area contributed by atoms with Crippen LogP contribution in [-0.4, -0.2) is 49.0 Å². The maximum absolute atomic E-state index is 12.2. The molecule has 0 saturated carbocycles. The van der Waals surface area contributed by atoms with E-state index in [1.807, 2.05) is 43.9 Å². The van der Waals surface area contributed by atoms with E-state index in [1.54, 1.807) is 0 Å². The number of nitrogens with one attached hydrogen (secondary N) is 1. The highest BCUT2D eigenvalue weighted by Crippen LogP contribution is 2.31. The molecule has 0 aliphatic carbocycles. The molecule has 6 heteroatoms. The molecule has 0 spiro atoms. The van der Waals surface area contributed by atoms with Gasteiger partial charge in [0.1, 0.15) is 11.4 Å². The van der Waals surface area contributed by atoms with Crippen LogP contribution in [0.15, 0.2) is 35.5 Å². The summed E-state index contributed by atoms with van der Waals surface area (Å²) < 4.78 is 5.93. The summed E-state index contributed by atoms with van der Waals surface area (Å²) in [6.07, 6.45) is 1.60. The topological polar surface area (TPSA) is 61.9 Å². The number of ether oxygens (including phenoxy) is 1. The van der Waals surface area contributed by atoms with E-state index in [0.717, 1.165) is 30.9 Å². The largest absolute Gasteiger partial charge is 0.489 e. The highest BCUT2D eigenvalue weighted by atomic mass is 16.5. The molecule has 1 fully saturated rings. The van der Waals surface area contributed by atoms with Crippen LogP contribution in [0, 0.1) is 0 Å². The SMILES string of the molecule is CCCC1=C(N2CCN(c3ccccc3OC(C)C)CC2)C(=O)NC1=O. The Morgan fingerprint density at radius 2 is 1.69 bits per heavy atom. The van der Waals surface area contributed by atoms with Crippen molar-refractivity contribution in [1.82, 2.24) is 10.2 Å². The minimum Gasteiger partial charge on any atom is -0.489 e. The van der Waals surface area contributed by atoms with Gasteiger partial charge in [-0.15, -0.1) is 0 Å². The maximum Gasteiger partial charge on any atom is 0.274 e. The molecule has 0 bridgehead atoms. The number of anilines is 1. The molecule has 2 amide bonds. The number of para-hydroxylation sites is 2. The Bertz CT molecular complexity index is 719. The zero-order valence-electron chi connectivity index (χ0n) is 15.7. The molecule has 1 saturated heterocycles. The molecule has 6 nitrogen and oxygen atoms in total. The first-order valence-electron chi connectivity index (χ1n) is 9.35. The average Bonchev–Trinajstić information content (AvgIpc) is 2.89. The van der Waals surface area contributed by atoms with Gasteiger partial charge >= 0.3 is 0 Å².